The minimum atomic E-state index is -0.271. The van der Waals surface area contributed by atoms with Gasteiger partial charge in [-0.3, -0.25) is 4.79 Å². The second-order valence-electron chi connectivity index (χ2n) is 5.35. The summed E-state index contributed by atoms with van der Waals surface area (Å²) >= 11 is 0. The van der Waals surface area contributed by atoms with Crippen LogP contribution in [0.3, 0.4) is 0 Å². The first-order valence-corrected chi connectivity index (χ1v) is 7.13. The normalized spacial score (nSPS) is 25.5. The van der Waals surface area contributed by atoms with Crippen molar-refractivity contribution < 1.29 is 13.9 Å². The zero-order valence-corrected chi connectivity index (χ0v) is 12.6. The Morgan fingerprint density at radius 3 is 3.00 bits per heavy atom. The Hall–Kier alpha value is -1.17. The fourth-order valence-electron chi connectivity index (χ4n) is 2.87. The third-order valence-corrected chi connectivity index (χ3v) is 3.96. The molecule has 0 aromatic heterocycles. The van der Waals surface area contributed by atoms with Crippen LogP contribution < -0.4 is 5.32 Å². The van der Waals surface area contributed by atoms with Crippen LogP contribution in [-0.4, -0.2) is 43.1 Å². The van der Waals surface area contributed by atoms with Crippen LogP contribution in [0.5, 0.6) is 0 Å². The van der Waals surface area contributed by atoms with Gasteiger partial charge in [0.15, 0.2) is 0 Å². The van der Waals surface area contributed by atoms with Gasteiger partial charge >= 0.3 is 0 Å². The van der Waals surface area contributed by atoms with Gasteiger partial charge in [0.1, 0.15) is 11.9 Å². The third kappa shape index (κ3) is 3.73. The molecular formula is C15H20ClFN2O2. The maximum atomic E-state index is 13.3. The van der Waals surface area contributed by atoms with Crippen molar-refractivity contribution in [3.05, 3.63) is 35.6 Å². The molecule has 0 bridgehead atoms. The van der Waals surface area contributed by atoms with Crippen LogP contribution in [0.2, 0.25) is 0 Å². The number of benzene rings is 1. The van der Waals surface area contributed by atoms with Gasteiger partial charge in [-0.05, 0) is 37.1 Å². The molecule has 21 heavy (non-hydrogen) atoms. The predicted octanol–water partition coefficient (Wildman–Crippen LogP) is 1.90. The molecule has 1 aromatic rings. The SMILES string of the molecule is Cl.O=C(C1CCCN1)N1CCOC(c2cccc(F)c2)C1. The number of ether oxygens (including phenoxy) is 1. The second-order valence-corrected chi connectivity index (χ2v) is 5.35. The Balaban J connectivity index is 0.00000161. The quantitative estimate of drug-likeness (QED) is 0.906. The summed E-state index contributed by atoms with van der Waals surface area (Å²) in [6.07, 6.45) is 1.72. The van der Waals surface area contributed by atoms with Crippen LogP contribution in [0.4, 0.5) is 4.39 Å². The number of halogens is 2. The Kier molecular flexibility index (Phi) is 5.56. The Bertz CT molecular complexity index is 494. The minimum Gasteiger partial charge on any atom is -0.370 e. The summed E-state index contributed by atoms with van der Waals surface area (Å²) in [7, 11) is 0. The van der Waals surface area contributed by atoms with Gasteiger partial charge in [0.05, 0.1) is 19.2 Å². The first-order valence-electron chi connectivity index (χ1n) is 7.13. The average Bonchev–Trinajstić information content (AvgIpc) is 3.01. The molecular weight excluding hydrogens is 295 g/mol. The van der Waals surface area contributed by atoms with Gasteiger partial charge in [-0.25, -0.2) is 4.39 Å². The van der Waals surface area contributed by atoms with E-state index in [0.29, 0.717) is 19.7 Å². The highest BCUT2D eigenvalue weighted by molar-refractivity contribution is 5.85. The smallest absolute Gasteiger partial charge is 0.239 e. The van der Waals surface area contributed by atoms with Crippen molar-refractivity contribution in [2.75, 3.05) is 26.2 Å². The van der Waals surface area contributed by atoms with Crippen LogP contribution >= 0.6 is 12.4 Å². The van der Waals surface area contributed by atoms with E-state index in [9.17, 15) is 9.18 Å². The van der Waals surface area contributed by atoms with Crippen LogP contribution in [0.1, 0.15) is 24.5 Å². The fourth-order valence-corrected chi connectivity index (χ4v) is 2.87. The Morgan fingerprint density at radius 1 is 1.43 bits per heavy atom. The van der Waals surface area contributed by atoms with E-state index in [-0.39, 0.29) is 36.3 Å². The number of morpholine rings is 1. The van der Waals surface area contributed by atoms with Crippen molar-refractivity contribution in [3.63, 3.8) is 0 Å². The number of carbonyl (C=O) groups is 1. The molecule has 2 unspecified atom stereocenters. The standard InChI is InChI=1S/C15H19FN2O2.ClH/c16-12-4-1-3-11(9-12)14-10-18(7-8-20-14)15(19)13-5-2-6-17-13;/h1,3-4,9,13-14,17H,2,5-8,10H2;1H. The van der Waals surface area contributed by atoms with E-state index < -0.39 is 0 Å². The number of nitrogens with zero attached hydrogens (tertiary/aromatic N) is 1. The summed E-state index contributed by atoms with van der Waals surface area (Å²) in [5, 5.41) is 3.23. The highest BCUT2D eigenvalue weighted by atomic mass is 35.5. The van der Waals surface area contributed by atoms with E-state index in [0.717, 1.165) is 24.9 Å². The van der Waals surface area contributed by atoms with Crippen LogP contribution in [-0.2, 0) is 9.53 Å². The summed E-state index contributed by atoms with van der Waals surface area (Å²) in [6, 6.07) is 6.36. The Morgan fingerprint density at radius 2 is 2.29 bits per heavy atom. The molecule has 4 nitrogen and oxygen atoms in total. The van der Waals surface area contributed by atoms with Crippen molar-refractivity contribution in [1.29, 1.82) is 0 Å². The summed E-state index contributed by atoms with van der Waals surface area (Å²) in [4.78, 5) is 14.2. The number of hydrogen-bond acceptors (Lipinski definition) is 3. The molecule has 3 rings (SSSR count). The van der Waals surface area contributed by atoms with Gasteiger partial charge in [-0.2, -0.15) is 0 Å². The highest BCUT2D eigenvalue weighted by Gasteiger charge is 2.31. The lowest BCUT2D eigenvalue weighted by atomic mass is 10.1. The fraction of sp³-hybridized carbons (Fsp3) is 0.533. The first kappa shape index (κ1) is 16.2. The van der Waals surface area contributed by atoms with Crippen molar-refractivity contribution in [1.82, 2.24) is 10.2 Å². The van der Waals surface area contributed by atoms with E-state index in [1.165, 1.54) is 12.1 Å². The summed E-state index contributed by atoms with van der Waals surface area (Å²) in [5.41, 5.74) is 0.793. The molecule has 2 saturated heterocycles. The van der Waals surface area contributed by atoms with E-state index in [1.54, 1.807) is 6.07 Å². The summed E-state index contributed by atoms with van der Waals surface area (Å²) in [6.45, 7) is 2.52. The molecule has 0 radical (unpaired) electrons. The molecule has 1 N–H and O–H groups in total. The molecule has 2 aliphatic heterocycles. The monoisotopic (exact) mass is 314 g/mol. The van der Waals surface area contributed by atoms with Crippen molar-refractivity contribution in [2.45, 2.75) is 25.0 Å². The zero-order chi connectivity index (χ0) is 13.9. The van der Waals surface area contributed by atoms with Crippen LogP contribution in [0.25, 0.3) is 0 Å². The predicted molar refractivity (Wildman–Crippen MR) is 79.9 cm³/mol. The minimum absolute atomic E-state index is 0. The van der Waals surface area contributed by atoms with Crippen molar-refractivity contribution in [2.24, 2.45) is 0 Å². The van der Waals surface area contributed by atoms with Gasteiger partial charge in [-0.15, -0.1) is 12.4 Å². The molecule has 0 saturated carbocycles. The lowest BCUT2D eigenvalue weighted by molar-refractivity contribution is -0.140. The van der Waals surface area contributed by atoms with E-state index in [4.69, 9.17) is 4.74 Å². The molecule has 2 heterocycles. The number of carbonyl (C=O) groups excluding carboxylic acids is 1. The first-order chi connectivity index (χ1) is 9.74. The second kappa shape index (κ2) is 7.20. The van der Waals surface area contributed by atoms with Gasteiger partial charge in [0.2, 0.25) is 5.91 Å². The molecule has 2 aliphatic rings. The van der Waals surface area contributed by atoms with E-state index >= 15 is 0 Å². The molecule has 2 fully saturated rings. The van der Waals surface area contributed by atoms with Gasteiger partial charge in [-0.1, -0.05) is 12.1 Å². The molecule has 1 amide bonds. The number of rotatable bonds is 2. The molecule has 0 aliphatic carbocycles. The molecule has 0 spiro atoms. The van der Waals surface area contributed by atoms with E-state index in [1.807, 2.05) is 11.0 Å². The van der Waals surface area contributed by atoms with Gasteiger partial charge in [0.25, 0.3) is 0 Å². The molecule has 1 aromatic carbocycles. The number of hydrogen-bond donors (Lipinski definition) is 1. The lowest BCUT2D eigenvalue weighted by Crippen LogP contribution is -2.49. The largest absolute Gasteiger partial charge is 0.370 e. The lowest BCUT2D eigenvalue weighted by Gasteiger charge is -2.34. The van der Waals surface area contributed by atoms with Crippen molar-refractivity contribution in [3.8, 4) is 0 Å². The zero-order valence-electron chi connectivity index (χ0n) is 11.8. The average molecular weight is 315 g/mol. The summed E-state index contributed by atoms with van der Waals surface area (Å²) < 4.78 is 19.0. The van der Waals surface area contributed by atoms with Crippen LogP contribution in [0, 0.1) is 5.82 Å². The number of amides is 1. The maximum absolute atomic E-state index is 13.3. The topological polar surface area (TPSA) is 41.6 Å². The molecule has 6 heteroatoms. The third-order valence-electron chi connectivity index (χ3n) is 3.96. The molecule has 116 valence electrons. The van der Waals surface area contributed by atoms with Crippen molar-refractivity contribution >= 4 is 18.3 Å². The van der Waals surface area contributed by atoms with E-state index in [2.05, 4.69) is 5.32 Å². The molecule has 2 atom stereocenters. The van der Waals surface area contributed by atoms with Gasteiger partial charge in [0, 0.05) is 6.54 Å². The Labute approximate surface area is 130 Å². The summed E-state index contributed by atoms with van der Waals surface area (Å²) in [5.74, 6) is -0.126. The highest BCUT2D eigenvalue weighted by Crippen LogP contribution is 2.23. The van der Waals surface area contributed by atoms with Gasteiger partial charge < -0.3 is 15.0 Å². The maximum Gasteiger partial charge on any atom is 0.239 e. The number of nitrogens with one attached hydrogen (secondary N) is 1. The van der Waals surface area contributed by atoms with Crippen LogP contribution in [0.15, 0.2) is 24.3 Å².